The first-order chi connectivity index (χ1) is 12.1. The third-order valence-corrected chi connectivity index (χ3v) is 5.60. The lowest BCUT2D eigenvalue weighted by Crippen LogP contribution is -2.61. The Morgan fingerprint density at radius 3 is 1.96 bits per heavy atom. The van der Waals surface area contributed by atoms with Gasteiger partial charge in [-0.1, -0.05) is 31.8 Å². The lowest BCUT2D eigenvalue weighted by molar-refractivity contribution is -0.155. The second-order valence-electron chi connectivity index (χ2n) is 8.33. The highest BCUT2D eigenvalue weighted by Gasteiger charge is 2.43. The minimum Gasteiger partial charge on any atom is -0.469 e. The third kappa shape index (κ3) is 6.75. The summed E-state index contributed by atoms with van der Waals surface area (Å²) in [6.45, 7) is 8.55. The maximum absolute atomic E-state index is 12.2. The molecule has 0 aromatic heterocycles. The number of carbonyl (C=O) groups excluding carboxylic acids is 2. The molecule has 0 aliphatic carbocycles. The molecule has 0 aromatic carbocycles. The van der Waals surface area contributed by atoms with Gasteiger partial charge in [-0.2, -0.15) is 0 Å². The third-order valence-electron chi connectivity index (χ3n) is 5.60. The van der Waals surface area contributed by atoms with Crippen molar-refractivity contribution in [3.63, 3.8) is 0 Å². The molecule has 0 radical (unpaired) electrons. The average molecular weight is 368 g/mol. The molecule has 5 nitrogen and oxygen atoms in total. The van der Waals surface area contributed by atoms with Crippen molar-refractivity contribution in [2.75, 3.05) is 14.2 Å². The van der Waals surface area contributed by atoms with Gasteiger partial charge in [0.1, 0.15) is 6.10 Å². The van der Waals surface area contributed by atoms with Crippen LogP contribution in [0.3, 0.4) is 0 Å². The lowest BCUT2D eigenvalue weighted by Gasteiger charge is -2.50. The van der Waals surface area contributed by atoms with Crippen LogP contribution in [0.15, 0.2) is 12.2 Å². The Hall–Kier alpha value is -1.36. The van der Waals surface area contributed by atoms with Crippen molar-refractivity contribution in [3.8, 4) is 0 Å². The molecule has 1 aliphatic heterocycles. The predicted octanol–water partition coefficient (Wildman–Crippen LogP) is 4.25. The van der Waals surface area contributed by atoms with E-state index in [2.05, 4.69) is 50.5 Å². The van der Waals surface area contributed by atoms with Gasteiger partial charge in [0.25, 0.3) is 0 Å². The van der Waals surface area contributed by atoms with Crippen LogP contribution in [0.5, 0.6) is 0 Å². The van der Waals surface area contributed by atoms with Crippen LogP contribution < -0.4 is 0 Å². The number of carbonyl (C=O) groups is 2. The second kappa shape index (κ2) is 10.1. The van der Waals surface area contributed by atoms with Crippen molar-refractivity contribution in [1.29, 1.82) is 0 Å². The topological polar surface area (TPSA) is 55.8 Å². The molecule has 0 saturated carbocycles. The molecule has 0 spiro atoms. The summed E-state index contributed by atoms with van der Waals surface area (Å²) in [6, 6.07) is 0. The number of hydrogen-bond acceptors (Lipinski definition) is 5. The van der Waals surface area contributed by atoms with Gasteiger partial charge in [-0.25, -0.2) is 0 Å². The van der Waals surface area contributed by atoms with E-state index < -0.39 is 0 Å². The van der Waals surface area contributed by atoms with Crippen molar-refractivity contribution < 1.29 is 19.1 Å². The zero-order valence-corrected chi connectivity index (χ0v) is 17.5. The Kier molecular flexibility index (Phi) is 8.81. The van der Waals surface area contributed by atoms with E-state index in [1.54, 1.807) is 0 Å². The molecule has 1 atom stereocenters. The molecule has 0 bridgehead atoms. The predicted molar refractivity (Wildman–Crippen MR) is 104 cm³/mol. The van der Waals surface area contributed by atoms with Gasteiger partial charge < -0.3 is 9.47 Å². The van der Waals surface area contributed by atoms with Crippen molar-refractivity contribution in [2.24, 2.45) is 0 Å². The van der Waals surface area contributed by atoms with E-state index in [9.17, 15) is 9.59 Å². The Morgan fingerprint density at radius 1 is 0.923 bits per heavy atom. The largest absolute Gasteiger partial charge is 0.469 e. The van der Waals surface area contributed by atoms with Crippen molar-refractivity contribution in [2.45, 2.75) is 96.2 Å². The quantitative estimate of drug-likeness (QED) is 0.328. The number of methoxy groups -OCH3 is 1. The highest BCUT2D eigenvalue weighted by atomic mass is 16.5. The molecular weight excluding hydrogens is 330 g/mol. The van der Waals surface area contributed by atoms with Gasteiger partial charge in [-0.3, -0.25) is 14.5 Å². The second-order valence-corrected chi connectivity index (χ2v) is 8.33. The van der Waals surface area contributed by atoms with E-state index in [0.29, 0.717) is 12.8 Å². The number of hydrogen-bond donors (Lipinski definition) is 0. The highest BCUT2D eigenvalue weighted by molar-refractivity contribution is 5.70. The van der Waals surface area contributed by atoms with Gasteiger partial charge in [-0.05, 0) is 53.7 Å². The summed E-state index contributed by atoms with van der Waals surface area (Å²) in [5, 5.41) is 0. The molecule has 5 heteroatoms. The molecule has 0 N–H and O–H groups in total. The van der Waals surface area contributed by atoms with Gasteiger partial charge >= 0.3 is 11.9 Å². The first-order valence-corrected chi connectivity index (χ1v) is 9.81. The van der Waals surface area contributed by atoms with E-state index in [4.69, 9.17) is 4.74 Å². The minimum absolute atomic E-state index is 0.0414. The van der Waals surface area contributed by atoms with Gasteiger partial charge in [0.2, 0.25) is 0 Å². The number of ether oxygens (including phenoxy) is 2. The first-order valence-electron chi connectivity index (χ1n) is 9.81. The van der Waals surface area contributed by atoms with E-state index in [1.165, 1.54) is 7.11 Å². The standard InChI is InChI=1S/C21H37NO4/c1-20(2)16-15-17(21(3,4)22(20)5)26-19(24)14-12-10-8-7-9-11-13-18(23)25-6/h15-17H,7-14H2,1-6H3. The van der Waals surface area contributed by atoms with Crippen LogP contribution in [-0.2, 0) is 19.1 Å². The zero-order valence-electron chi connectivity index (χ0n) is 17.5. The fourth-order valence-corrected chi connectivity index (χ4v) is 3.34. The summed E-state index contributed by atoms with van der Waals surface area (Å²) in [5.74, 6) is -0.256. The number of esters is 2. The maximum Gasteiger partial charge on any atom is 0.306 e. The molecule has 1 aliphatic rings. The summed E-state index contributed by atoms with van der Waals surface area (Å²) >= 11 is 0. The Morgan fingerprint density at radius 2 is 1.42 bits per heavy atom. The molecule has 26 heavy (non-hydrogen) atoms. The van der Waals surface area contributed by atoms with Gasteiger partial charge in [-0.15, -0.1) is 0 Å². The summed E-state index contributed by atoms with van der Waals surface area (Å²) < 4.78 is 10.4. The summed E-state index contributed by atoms with van der Waals surface area (Å²) in [6.07, 6.45) is 10.8. The van der Waals surface area contributed by atoms with E-state index in [-0.39, 0.29) is 29.1 Å². The molecular formula is C21H37NO4. The number of likely N-dealkylation sites (N-methyl/N-ethyl adjacent to an activating group) is 1. The molecule has 1 unspecified atom stereocenters. The molecule has 1 rings (SSSR count). The molecule has 0 amide bonds. The molecule has 0 saturated heterocycles. The van der Waals surface area contributed by atoms with Crippen LogP contribution in [0.25, 0.3) is 0 Å². The van der Waals surface area contributed by atoms with Crippen molar-refractivity contribution in [3.05, 3.63) is 12.2 Å². The molecule has 1 heterocycles. The Labute approximate surface area is 159 Å². The fraction of sp³-hybridized carbons (Fsp3) is 0.810. The Balaban J connectivity index is 2.22. The minimum atomic E-state index is -0.229. The van der Waals surface area contributed by atoms with Gasteiger partial charge in [0, 0.05) is 18.4 Å². The van der Waals surface area contributed by atoms with Crippen LogP contribution in [0.4, 0.5) is 0 Å². The van der Waals surface area contributed by atoms with Gasteiger partial charge in [0.15, 0.2) is 0 Å². The van der Waals surface area contributed by atoms with Crippen LogP contribution in [0.1, 0.15) is 79.1 Å². The van der Waals surface area contributed by atoms with Gasteiger partial charge in [0.05, 0.1) is 12.6 Å². The van der Waals surface area contributed by atoms with Crippen LogP contribution >= 0.6 is 0 Å². The number of unbranched alkanes of at least 4 members (excludes halogenated alkanes) is 5. The molecule has 0 fully saturated rings. The fourth-order valence-electron chi connectivity index (χ4n) is 3.34. The van der Waals surface area contributed by atoms with E-state index >= 15 is 0 Å². The van der Waals surface area contributed by atoms with Crippen LogP contribution in [0.2, 0.25) is 0 Å². The average Bonchev–Trinajstić information content (AvgIpc) is 2.58. The summed E-state index contributed by atoms with van der Waals surface area (Å²) in [5.41, 5.74) is -0.270. The summed E-state index contributed by atoms with van der Waals surface area (Å²) in [4.78, 5) is 25.4. The lowest BCUT2D eigenvalue weighted by atomic mass is 9.83. The van der Waals surface area contributed by atoms with Crippen LogP contribution in [-0.4, -0.2) is 48.2 Å². The molecule has 0 aromatic rings. The highest BCUT2D eigenvalue weighted by Crippen LogP contribution is 2.34. The van der Waals surface area contributed by atoms with E-state index in [0.717, 1.165) is 38.5 Å². The Bertz CT molecular complexity index is 496. The number of nitrogens with zero attached hydrogens (tertiary/aromatic N) is 1. The summed E-state index contributed by atoms with van der Waals surface area (Å²) in [7, 11) is 3.50. The monoisotopic (exact) mass is 367 g/mol. The normalized spacial score (nSPS) is 21.4. The number of rotatable bonds is 10. The van der Waals surface area contributed by atoms with Crippen molar-refractivity contribution >= 4 is 11.9 Å². The van der Waals surface area contributed by atoms with E-state index in [1.807, 2.05) is 6.08 Å². The maximum atomic E-state index is 12.2. The molecule has 150 valence electrons. The SMILES string of the molecule is COC(=O)CCCCCCCCC(=O)OC1C=CC(C)(C)N(C)C1(C)C. The first kappa shape index (κ1) is 22.7. The smallest absolute Gasteiger partial charge is 0.306 e. The zero-order chi connectivity index (χ0) is 19.8. The van der Waals surface area contributed by atoms with Crippen molar-refractivity contribution in [1.82, 2.24) is 4.90 Å². The van der Waals surface area contributed by atoms with Crippen LogP contribution in [0, 0.1) is 0 Å².